The van der Waals surface area contributed by atoms with Crippen LogP contribution < -0.4 is 11.1 Å². The fraction of sp³-hybridized carbons (Fsp3) is 0.385. The first-order chi connectivity index (χ1) is 7.76. The zero-order chi connectivity index (χ0) is 11.5. The van der Waals surface area contributed by atoms with Crippen LogP contribution in [0.3, 0.4) is 0 Å². The first kappa shape index (κ1) is 11.2. The van der Waals surface area contributed by atoms with Gasteiger partial charge in [-0.3, -0.25) is 0 Å². The lowest BCUT2D eigenvalue weighted by molar-refractivity contribution is 0.727. The standard InChI is InChI=1S/C13H19N3/c1-3-15-8-11-9-16(2)13-6-10(7-14)4-5-12(11)13/h4-6,9,15H,3,7-8,14H2,1-2H3. The molecule has 0 aliphatic heterocycles. The molecular weight excluding hydrogens is 198 g/mol. The van der Waals surface area contributed by atoms with Crippen LogP contribution in [0.15, 0.2) is 24.4 Å². The number of aromatic nitrogens is 1. The predicted molar refractivity (Wildman–Crippen MR) is 68.2 cm³/mol. The van der Waals surface area contributed by atoms with E-state index in [1.807, 2.05) is 0 Å². The molecule has 3 N–H and O–H groups in total. The molecule has 0 unspecified atom stereocenters. The Morgan fingerprint density at radius 3 is 2.88 bits per heavy atom. The van der Waals surface area contributed by atoms with Gasteiger partial charge in [0.05, 0.1) is 0 Å². The van der Waals surface area contributed by atoms with Gasteiger partial charge in [0.15, 0.2) is 0 Å². The Labute approximate surface area is 96.2 Å². The summed E-state index contributed by atoms with van der Waals surface area (Å²) in [7, 11) is 2.08. The van der Waals surface area contributed by atoms with E-state index in [0.717, 1.165) is 13.1 Å². The van der Waals surface area contributed by atoms with Gasteiger partial charge in [-0.25, -0.2) is 0 Å². The van der Waals surface area contributed by atoms with Crippen LogP contribution in [-0.4, -0.2) is 11.1 Å². The van der Waals surface area contributed by atoms with Gasteiger partial charge in [-0.1, -0.05) is 19.1 Å². The number of hydrogen-bond acceptors (Lipinski definition) is 2. The first-order valence-corrected chi connectivity index (χ1v) is 5.74. The molecule has 0 saturated heterocycles. The van der Waals surface area contributed by atoms with E-state index in [2.05, 4.69) is 48.3 Å². The summed E-state index contributed by atoms with van der Waals surface area (Å²) in [6, 6.07) is 6.45. The normalized spacial score (nSPS) is 11.2. The topological polar surface area (TPSA) is 43.0 Å². The summed E-state index contributed by atoms with van der Waals surface area (Å²) in [6.07, 6.45) is 2.19. The van der Waals surface area contributed by atoms with E-state index >= 15 is 0 Å². The minimum atomic E-state index is 0.601. The van der Waals surface area contributed by atoms with E-state index in [9.17, 15) is 0 Å². The summed E-state index contributed by atoms with van der Waals surface area (Å²) >= 11 is 0. The predicted octanol–water partition coefficient (Wildman–Crippen LogP) is 1.75. The van der Waals surface area contributed by atoms with Gasteiger partial charge in [-0.2, -0.15) is 0 Å². The van der Waals surface area contributed by atoms with Crippen molar-refractivity contribution in [3.63, 3.8) is 0 Å². The first-order valence-electron chi connectivity index (χ1n) is 5.74. The van der Waals surface area contributed by atoms with Crippen molar-refractivity contribution in [1.82, 2.24) is 9.88 Å². The van der Waals surface area contributed by atoms with Gasteiger partial charge in [-0.15, -0.1) is 0 Å². The Kier molecular flexibility index (Phi) is 3.27. The molecule has 0 saturated carbocycles. The molecule has 0 fully saturated rings. The third-order valence-electron chi connectivity index (χ3n) is 2.94. The van der Waals surface area contributed by atoms with Crippen molar-refractivity contribution in [2.75, 3.05) is 6.54 Å². The summed E-state index contributed by atoms with van der Waals surface area (Å²) in [5.41, 5.74) is 9.45. The van der Waals surface area contributed by atoms with Gasteiger partial charge in [-0.05, 0) is 23.7 Å². The van der Waals surface area contributed by atoms with Crippen molar-refractivity contribution in [2.24, 2.45) is 12.8 Å². The lowest BCUT2D eigenvalue weighted by Gasteiger charge is -2.01. The quantitative estimate of drug-likeness (QED) is 0.819. The summed E-state index contributed by atoms with van der Waals surface area (Å²) in [6.45, 7) is 4.65. The summed E-state index contributed by atoms with van der Waals surface area (Å²) in [5.74, 6) is 0. The fourth-order valence-electron chi connectivity index (χ4n) is 2.04. The summed E-state index contributed by atoms with van der Waals surface area (Å²) in [4.78, 5) is 0. The van der Waals surface area contributed by atoms with Crippen molar-refractivity contribution in [1.29, 1.82) is 0 Å². The largest absolute Gasteiger partial charge is 0.350 e. The average Bonchev–Trinajstić information content (AvgIpc) is 2.63. The second-order valence-electron chi connectivity index (χ2n) is 4.10. The third kappa shape index (κ3) is 1.96. The van der Waals surface area contributed by atoms with Gasteiger partial charge in [0.2, 0.25) is 0 Å². The second-order valence-corrected chi connectivity index (χ2v) is 4.10. The molecule has 3 heteroatoms. The Morgan fingerprint density at radius 1 is 1.38 bits per heavy atom. The van der Waals surface area contributed by atoms with Crippen LogP contribution in [0.25, 0.3) is 10.9 Å². The molecule has 2 aromatic rings. The molecule has 16 heavy (non-hydrogen) atoms. The Bertz CT molecular complexity index is 485. The van der Waals surface area contributed by atoms with Gasteiger partial charge < -0.3 is 15.6 Å². The molecule has 0 bridgehead atoms. The molecule has 1 aromatic carbocycles. The molecular formula is C13H19N3. The molecule has 0 atom stereocenters. The maximum absolute atomic E-state index is 5.66. The number of nitrogens with zero attached hydrogens (tertiary/aromatic N) is 1. The van der Waals surface area contributed by atoms with Crippen molar-refractivity contribution < 1.29 is 0 Å². The van der Waals surface area contributed by atoms with Crippen molar-refractivity contribution in [3.05, 3.63) is 35.5 Å². The molecule has 0 spiro atoms. The highest BCUT2D eigenvalue weighted by Gasteiger charge is 2.06. The maximum atomic E-state index is 5.66. The van der Waals surface area contributed by atoms with Crippen molar-refractivity contribution in [3.8, 4) is 0 Å². The molecule has 1 heterocycles. The van der Waals surface area contributed by atoms with Crippen molar-refractivity contribution in [2.45, 2.75) is 20.0 Å². The van der Waals surface area contributed by atoms with E-state index in [-0.39, 0.29) is 0 Å². The van der Waals surface area contributed by atoms with Gasteiger partial charge >= 0.3 is 0 Å². The van der Waals surface area contributed by atoms with Gasteiger partial charge in [0.1, 0.15) is 0 Å². The fourth-order valence-corrected chi connectivity index (χ4v) is 2.04. The highest BCUT2D eigenvalue weighted by molar-refractivity contribution is 5.84. The molecule has 1 aromatic heterocycles. The maximum Gasteiger partial charge on any atom is 0.0484 e. The van der Waals surface area contributed by atoms with Crippen molar-refractivity contribution >= 4 is 10.9 Å². The Morgan fingerprint density at radius 2 is 2.19 bits per heavy atom. The monoisotopic (exact) mass is 217 g/mol. The van der Waals surface area contributed by atoms with Crippen LogP contribution in [-0.2, 0) is 20.1 Å². The molecule has 0 aliphatic rings. The molecule has 0 amide bonds. The SMILES string of the molecule is CCNCc1cn(C)c2cc(CN)ccc12. The zero-order valence-electron chi connectivity index (χ0n) is 9.96. The van der Waals surface area contributed by atoms with E-state index < -0.39 is 0 Å². The molecule has 2 rings (SSSR count). The number of aryl methyl sites for hydroxylation is 1. The van der Waals surface area contributed by atoms with E-state index in [4.69, 9.17) is 5.73 Å². The minimum Gasteiger partial charge on any atom is -0.350 e. The van der Waals surface area contributed by atoms with Gasteiger partial charge in [0.25, 0.3) is 0 Å². The van der Waals surface area contributed by atoms with Crippen LogP contribution in [0, 0.1) is 0 Å². The zero-order valence-corrected chi connectivity index (χ0v) is 9.96. The highest BCUT2D eigenvalue weighted by Crippen LogP contribution is 2.21. The summed E-state index contributed by atoms with van der Waals surface area (Å²) in [5, 5.41) is 4.68. The highest BCUT2D eigenvalue weighted by atomic mass is 14.9. The number of benzene rings is 1. The molecule has 86 valence electrons. The van der Waals surface area contributed by atoms with Gasteiger partial charge in [0, 0.05) is 37.2 Å². The Hall–Kier alpha value is -1.32. The molecule has 0 radical (unpaired) electrons. The minimum absolute atomic E-state index is 0.601. The van der Waals surface area contributed by atoms with Crippen LogP contribution in [0.5, 0.6) is 0 Å². The van der Waals surface area contributed by atoms with E-state index in [0.29, 0.717) is 6.54 Å². The van der Waals surface area contributed by atoms with Crippen LogP contribution >= 0.6 is 0 Å². The van der Waals surface area contributed by atoms with E-state index in [1.165, 1.54) is 22.0 Å². The average molecular weight is 217 g/mol. The lowest BCUT2D eigenvalue weighted by atomic mass is 10.1. The number of nitrogens with one attached hydrogen (secondary N) is 1. The summed E-state index contributed by atoms with van der Waals surface area (Å²) < 4.78 is 2.17. The van der Waals surface area contributed by atoms with E-state index in [1.54, 1.807) is 0 Å². The number of hydrogen-bond donors (Lipinski definition) is 2. The lowest BCUT2D eigenvalue weighted by Crippen LogP contribution is -2.11. The Balaban J connectivity index is 2.45. The van der Waals surface area contributed by atoms with Crippen LogP contribution in [0.4, 0.5) is 0 Å². The van der Waals surface area contributed by atoms with Crippen LogP contribution in [0.2, 0.25) is 0 Å². The second kappa shape index (κ2) is 4.68. The number of rotatable bonds is 4. The number of nitrogens with two attached hydrogens (primary N) is 1. The number of fused-ring (bicyclic) bond motifs is 1. The van der Waals surface area contributed by atoms with Crippen LogP contribution in [0.1, 0.15) is 18.1 Å². The third-order valence-corrected chi connectivity index (χ3v) is 2.94. The molecule has 0 aliphatic carbocycles. The molecule has 3 nitrogen and oxygen atoms in total. The smallest absolute Gasteiger partial charge is 0.0484 e.